The fraction of sp³-hybridized carbons (Fsp3) is 0.200. The van der Waals surface area contributed by atoms with E-state index in [0.29, 0.717) is 5.82 Å². The van der Waals surface area contributed by atoms with E-state index in [1.165, 1.54) is 12.1 Å². The zero-order valence-corrected chi connectivity index (χ0v) is 9.91. The van der Waals surface area contributed by atoms with Gasteiger partial charge in [0.2, 0.25) is 5.82 Å². The van der Waals surface area contributed by atoms with Crippen molar-refractivity contribution in [1.29, 1.82) is 0 Å². The summed E-state index contributed by atoms with van der Waals surface area (Å²) in [5.74, 6) is 0.320. The van der Waals surface area contributed by atoms with Crippen molar-refractivity contribution in [2.24, 2.45) is 7.05 Å². The molecule has 0 saturated carbocycles. The summed E-state index contributed by atoms with van der Waals surface area (Å²) in [5, 5.41) is 17.8. The molecule has 0 unspecified atom stereocenters. The summed E-state index contributed by atoms with van der Waals surface area (Å²) in [6.07, 6.45) is 1.79. The van der Waals surface area contributed by atoms with Gasteiger partial charge in [0.15, 0.2) is 0 Å². The number of nitrogens with two attached hydrogens (primary N) is 1. The average Bonchev–Trinajstić information content (AvgIpc) is 2.57. The molecule has 0 fully saturated rings. The van der Waals surface area contributed by atoms with Gasteiger partial charge in [0.1, 0.15) is 5.82 Å². The number of aryl methyl sites for hydroxylation is 2. The van der Waals surface area contributed by atoms with Gasteiger partial charge in [0.25, 0.3) is 0 Å². The first-order valence-electron chi connectivity index (χ1n) is 5.15. The molecule has 0 bridgehead atoms. The predicted octanol–water partition coefficient (Wildman–Crippen LogP) is 1.36. The third kappa shape index (κ3) is 2.21. The summed E-state index contributed by atoms with van der Waals surface area (Å²) in [6.45, 7) is 1.84. The Balaban J connectivity index is 2.28. The molecule has 2 heterocycles. The van der Waals surface area contributed by atoms with E-state index in [2.05, 4.69) is 15.4 Å². The third-order valence-corrected chi connectivity index (χ3v) is 2.38. The highest BCUT2D eigenvalue weighted by molar-refractivity contribution is 5.63. The van der Waals surface area contributed by atoms with Gasteiger partial charge in [-0.3, -0.25) is 14.8 Å². The fourth-order valence-electron chi connectivity index (χ4n) is 1.55. The average molecular weight is 248 g/mol. The molecule has 8 heteroatoms. The van der Waals surface area contributed by atoms with E-state index in [9.17, 15) is 10.1 Å². The van der Waals surface area contributed by atoms with Crippen molar-refractivity contribution in [3.63, 3.8) is 0 Å². The van der Waals surface area contributed by atoms with Crippen molar-refractivity contribution in [2.75, 3.05) is 11.1 Å². The largest absolute Gasteiger partial charge is 0.378 e. The van der Waals surface area contributed by atoms with Crippen LogP contribution in [0.2, 0.25) is 0 Å². The SMILES string of the molecule is Cc1nn(C)cc1Nc1ccc([N+](=O)[O-])c(N)n1. The van der Waals surface area contributed by atoms with E-state index in [1.807, 2.05) is 6.92 Å². The molecular weight excluding hydrogens is 236 g/mol. The molecule has 0 radical (unpaired) electrons. The van der Waals surface area contributed by atoms with Gasteiger partial charge in [-0.2, -0.15) is 5.10 Å². The van der Waals surface area contributed by atoms with Gasteiger partial charge in [-0.15, -0.1) is 0 Å². The van der Waals surface area contributed by atoms with Crippen LogP contribution in [0, 0.1) is 17.0 Å². The molecule has 3 N–H and O–H groups in total. The number of aromatic nitrogens is 3. The molecule has 8 nitrogen and oxygen atoms in total. The number of rotatable bonds is 3. The van der Waals surface area contributed by atoms with Crippen molar-refractivity contribution in [3.8, 4) is 0 Å². The number of nitrogens with zero attached hydrogens (tertiary/aromatic N) is 4. The number of nitrogen functional groups attached to an aromatic ring is 1. The van der Waals surface area contributed by atoms with Crippen LogP contribution in [0.1, 0.15) is 5.69 Å². The fourth-order valence-corrected chi connectivity index (χ4v) is 1.55. The smallest absolute Gasteiger partial charge is 0.311 e. The lowest BCUT2D eigenvalue weighted by atomic mass is 10.3. The first-order valence-corrected chi connectivity index (χ1v) is 5.15. The van der Waals surface area contributed by atoms with Gasteiger partial charge in [-0.05, 0) is 13.0 Å². The zero-order chi connectivity index (χ0) is 13.3. The van der Waals surface area contributed by atoms with Crippen LogP contribution in [-0.2, 0) is 7.05 Å². The zero-order valence-electron chi connectivity index (χ0n) is 9.91. The van der Waals surface area contributed by atoms with Gasteiger partial charge in [0.05, 0.1) is 16.3 Å². The van der Waals surface area contributed by atoms with E-state index in [0.717, 1.165) is 11.4 Å². The van der Waals surface area contributed by atoms with E-state index in [1.54, 1.807) is 17.9 Å². The van der Waals surface area contributed by atoms with E-state index in [-0.39, 0.29) is 11.5 Å². The molecule has 0 aliphatic carbocycles. The Hall–Kier alpha value is -2.64. The monoisotopic (exact) mass is 248 g/mol. The maximum absolute atomic E-state index is 10.6. The second kappa shape index (κ2) is 4.32. The maximum atomic E-state index is 10.6. The van der Waals surface area contributed by atoms with Crippen LogP contribution >= 0.6 is 0 Å². The predicted molar refractivity (Wildman–Crippen MR) is 66.5 cm³/mol. The minimum Gasteiger partial charge on any atom is -0.378 e. The molecule has 0 spiro atoms. The number of hydrogen-bond acceptors (Lipinski definition) is 6. The van der Waals surface area contributed by atoms with Crippen LogP contribution in [0.3, 0.4) is 0 Å². The van der Waals surface area contributed by atoms with Crippen LogP contribution in [0.4, 0.5) is 23.0 Å². The molecule has 0 amide bonds. The lowest BCUT2D eigenvalue weighted by Gasteiger charge is -2.04. The summed E-state index contributed by atoms with van der Waals surface area (Å²) in [4.78, 5) is 14.0. The Labute approximate surface area is 103 Å². The molecule has 0 aliphatic rings. The minimum absolute atomic E-state index is 0.119. The molecule has 2 aromatic rings. The normalized spacial score (nSPS) is 10.3. The molecule has 0 saturated heterocycles. The molecular formula is C10H12N6O2. The van der Waals surface area contributed by atoms with Crippen LogP contribution in [-0.4, -0.2) is 19.7 Å². The second-order valence-corrected chi connectivity index (χ2v) is 3.78. The topological polar surface area (TPSA) is 112 Å². The summed E-state index contributed by atoms with van der Waals surface area (Å²) in [6, 6.07) is 2.82. The Kier molecular flexibility index (Phi) is 2.84. The lowest BCUT2D eigenvalue weighted by molar-refractivity contribution is -0.384. The Bertz CT molecular complexity index is 606. The van der Waals surface area contributed by atoms with Gasteiger partial charge >= 0.3 is 5.69 Å². The van der Waals surface area contributed by atoms with Gasteiger partial charge in [-0.25, -0.2) is 4.98 Å². The molecule has 0 atom stereocenters. The molecule has 0 aromatic carbocycles. The van der Waals surface area contributed by atoms with E-state index in [4.69, 9.17) is 5.73 Å². The summed E-state index contributed by atoms with van der Waals surface area (Å²) in [5.41, 5.74) is 6.88. The van der Waals surface area contributed by atoms with Crippen LogP contribution in [0.15, 0.2) is 18.3 Å². The van der Waals surface area contributed by atoms with E-state index >= 15 is 0 Å². The van der Waals surface area contributed by atoms with Crippen LogP contribution < -0.4 is 11.1 Å². The highest BCUT2D eigenvalue weighted by atomic mass is 16.6. The van der Waals surface area contributed by atoms with Crippen molar-refractivity contribution in [3.05, 3.63) is 34.1 Å². The van der Waals surface area contributed by atoms with Gasteiger partial charge in [-0.1, -0.05) is 0 Å². The molecule has 18 heavy (non-hydrogen) atoms. The Morgan fingerprint density at radius 3 is 2.72 bits per heavy atom. The second-order valence-electron chi connectivity index (χ2n) is 3.78. The third-order valence-electron chi connectivity index (χ3n) is 2.38. The van der Waals surface area contributed by atoms with Crippen molar-refractivity contribution < 1.29 is 4.92 Å². The summed E-state index contributed by atoms with van der Waals surface area (Å²) in [7, 11) is 1.80. The molecule has 2 rings (SSSR count). The summed E-state index contributed by atoms with van der Waals surface area (Å²) >= 11 is 0. The highest BCUT2D eigenvalue weighted by Crippen LogP contribution is 2.23. The first-order chi connectivity index (χ1) is 8.47. The molecule has 0 aliphatic heterocycles. The molecule has 2 aromatic heterocycles. The quantitative estimate of drug-likeness (QED) is 0.626. The highest BCUT2D eigenvalue weighted by Gasteiger charge is 2.13. The number of anilines is 3. The van der Waals surface area contributed by atoms with Crippen LogP contribution in [0.25, 0.3) is 0 Å². The first kappa shape index (κ1) is 11.8. The lowest BCUT2D eigenvalue weighted by Crippen LogP contribution is -2.01. The number of pyridine rings is 1. The van der Waals surface area contributed by atoms with Crippen LogP contribution in [0.5, 0.6) is 0 Å². The van der Waals surface area contributed by atoms with Crippen molar-refractivity contribution >= 4 is 23.0 Å². The van der Waals surface area contributed by atoms with Crippen molar-refractivity contribution in [2.45, 2.75) is 6.92 Å². The Morgan fingerprint density at radius 2 is 2.22 bits per heavy atom. The minimum atomic E-state index is -0.568. The molecule has 94 valence electrons. The Morgan fingerprint density at radius 1 is 1.50 bits per heavy atom. The number of nitrogens with one attached hydrogen (secondary N) is 1. The van der Waals surface area contributed by atoms with Gasteiger partial charge in [0, 0.05) is 19.3 Å². The summed E-state index contributed by atoms with van der Waals surface area (Å²) < 4.78 is 1.66. The number of nitro groups is 1. The van der Waals surface area contributed by atoms with Crippen molar-refractivity contribution in [1.82, 2.24) is 14.8 Å². The van der Waals surface area contributed by atoms with Gasteiger partial charge < -0.3 is 11.1 Å². The number of hydrogen-bond donors (Lipinski definition) is 2. The van der Waals surface area contributed by atoms with E-state index < -0.39 is 4.92 Å². The standard InChI is InChI=1S/C10H12N6O2/c1-6-7(5-15(2)14-6)12-9-4-3-8(16(17)18)10(11)13-9/h3-5H,1-2H3,(H3,11,12,13). The maximum Gasteiger partial charge on any atom is 0.311 e.